The number of nitrogens with zero attached hydrogens (tertiary/aromatic N) is 1. The number of nitrogens with one attached hydrogen (secondary N) is 1. The molecule has 1 saturated heterocycles. The first-order valence-corrected chi connectivity index (χ1v) is 6.84. The van der Waals surface area contributed by atoms with Crippen molar-refractivity contribution in [1.82, 2.24) is 10.2 Å². The molecule has 1 N–H and O–H groups in total. The van der Waals surface area contributed by atoms with Crippen molar-refractivity contribution < 1.29 is 4.74 Å². The lowest BCUT2D eigenvalue weighted by atomic mass is 10.2. The zero-order valence-corrected chi connectivity index (χ0v) is 13.0. The Hall–Kier alpha value is -0.290. The SMILES string of the molecule is COc1ccc(Br)cc1CN1CCCNCC1.Cl. The highest BCUT2D eigenvalue weighted by atomic mass is 79.9. The molecule has 1 aliphatic heterocycles. The van der Waals surface area contributed by atoms with Gasteiger partial charge in [-0.2, -0.15) is 0 Å². The van der Waals surface area contributed by atoms with Crippen LogP contribution in [-0.4, -0.2) is 38.2 Å². The van der Waals surface area contributed by atoms with Gasteiger partial charge in [-0.15, -0.1) is 12.4 Å². The van der Waals surface area contributed by atoms with Crippen LogP contribution in [0, 0.1) is 0 Å². The van der Waals surface area contributed by atoms with Gasteiger partial charge in [0, 0.05) is 29.7 Å². The fourth-order valence-corrected chi connectivity index (χ4v) is 2.58. The average Bonchev–Trinajstić information content (AvgIpc) is 2.58. The fraction of sp³-hybridized carbons (Fsp3) is 0.538. The highest BCUT2D eigenvalue weighted by Gasteiger charge is 2.12. The van der Waals surface area contributed by atoms with Crippen LogP contribution in [0.25, 0.3) is 0 Å². The summed E-state index contributed by atoms with van der Waals surface area (Å²) in [5.74, 6) is 0.977. The average molecular weight is 336 g/mol. The molecule has 0 aliphatic carbocycles. The van der Waals surface area contributed by atoms with E-state index < -0.39 is 0 Å². The van der Waals surface area contributed by atoms with E-state index in [1.54, 1.807) is 7.11 Å². The minimum atomic E-state index is 0. The van der Waals surface area contributed by atoms with Crippen molar-refractivity contribution >= 4 is 28.3 Å². The van der Waals surface area contributed by atoms with Crippen LogP contribution in [-0.2, 0) is 6.54 Å². The monoisotopic (exact) mass is 334 g/mol. The Morgan fingerprint density at radius 2 is 2.17 bits per heavy atom. The quantitative estimate of drug-likeness (QED) is 0.919. The van der Waals surface area contributed by atoms with Gasteiger partial charge in [-0.3, -0.25) is 4.90 Å². The highest BCUT2D eigenvalue weighted by molar-refractivity contribution is 9.10. The third kappa shape index (κ3) is 4.43. The summed E-state index contributed by atoms with van der Waals surface area (Å²) in [4.78, 5) is 2.48. The maximum Gasteiger partial charge on any atom is 0.123 e. The molecule has 18 heavy (non-hydrogen) atoms. The van der Waals surface area contributed by atoms with Crippen molar-refractivity contribution in [3.63, 3.8) is 0 Å². The molecular weight excluding hydrogens is 316 g/mol. The van der Waals surface area contributed by atoms with Gasteiger partial charge < -0.3 is 10.1 Å². The van der Waals surface area contributed by atoms with E-state index in [9.17, 15) is 0 Å². The van der Waals surface area contributed by atoms with Crippen molar-refractivity contribution in [3.8, 4) is 5.75 Å². The van der Waals surface area contributed by atoms with Gasteiger partial charge in [0.15, 0.2) is 0 Å². The predicted octanol–water partition coefficient (Wildman–Crippen LogP) is 2.67. The van der Waals surface area contributed by atoms with Gasteiger partial charge in [0.2, 0.25) is 0 Å². The first kappa shape index (κ1) is 15.8. The minimum absolute atomic E-state index is 0. The van der Waals surface area contributed by atoms with Gasteiger partial charge in [-0.05, 0) is 37.7 Å². The van der Waals surface area contributed by atoms with Gasteiger partial charge in [-0.1, -0.05) is 15.9 Å². The number of methoxy groups -OCH3 is 1. The largest absolute Gasteiger partial charge is 0.496 e. The van der Waals surface area contributed by atoms with Crippen LogP contribution in [0.2, 0.25) is 0 Å². The molecule has 2 rings (SSSR count). The van der Waals surface area contributed by atoms with Gasteiger partial charge in [0.1, 0.15) is 5.75 Å². The zero-order chi connectivity index (χ0) is 12.1. The second-order valence-electron chi connectivity index (χ2n) is 4.34. The van der Waals surface area contributed by atoms with Crippen molar-refractivity contribution in [2.24, 2.45) is 0 Å². The molecule has 0 spiro atoms. The maximum absolute atomic E-state index is 5.41. The Morgan fingerprint density at radius 1 is 1.33 bits per heavy atom. The van der Waals surface area contributed by atoms with Crippen LogP contribution in [0.4, 0.5) is 0 Å². The summed E-state index contributed by atoms with van der Waals surface area (Å²) in [5, 5.41) is 3.42. The lowest BCUT2D eigenvalue weighted by Crippen LogP contribution is -2.27. The van der Waals surface area contributed by atoms with E-state index in [0.717, 1.165) is 42.9 Å². The van der Waals surface area contributed by atoms with E-state index in [2.05, 4.69) is 32.2 Å². The van der Waals surface area contributed by atoms with Crippen LogP contribution in [0.15, 0.2) is 22.7 Å². The second-order valence-corrected chi connectivity index (χ2v) is 5.25. The Balaban J connectivity index is 0.00000162. The third-order valence-corrected chi connectivity index (χ3v) is 3.56. The Kier molecular flexibility index (Phi) is 7.00. The standard InChI is InChI=1S/C13H19BrN2O.ClH/c1-17-13-4-3-12(14)9-11(13)10-16-7-2-5-15-6-8-16;/h3-4,9,15H,2,5-8,10H2,1H3;1H. The Labute approximate surface area is 123 Å². The van der Waals surface area contributed by atoms with Crippen molar-refractivity contribution in [3.05, 3.63) is 28.2 Å². The molecule has 3 nitrogen and oxygen atoms in total. The topological polar surface area (TPSA) is 24.5 Å². The third-order valence-electron chi connectivity index (χ3n) is 3.07. The number of benzene rings is 1. The molecule has 0 radical (unpaired) electrons. The molecule has 1 aromatic rings. The summed E-state index contributed by atoms with van der Waals surface area (Å²) in [7, 11) is 1.73. The van der Waals surface area contributed by atoms with Crippen molar-refractivity contribution in [2.45, 2.75) is 13.0 Å². The summed E-state index contributed by atoms with van der Waals surface area (Å²) in [6, 6.07) is 6.19. The molecule has 1 aromatic carbocycles. The van der Waals surface area contributed by atoms with Gasteiger partial charge in [0.05, 0.1) is 7.11 Å². The van der Waals surface area contributed by atoms with E-state index in [1.807, 2.05) is 12.1 Å². The van der Waals surface area contributed by atoms with E-state index in [4.69, 9.17) is 4.74 Å². The first-order chi connectivity index (χ1) is 8.29. The van der Waals surface area contributed by atoms with Crippen LogP contribution >= 0.6 is 28.3 Å². The summed E-state index contributed by atoms with van der Waals surface area (Å²) in [5.41, 5.74) is 1.25. The maximum atomic E-state index is 5.41. The van der Waals surface area contributed by atoms with E-state index >= 15 is 0 Å². The summed E-state index contributed by atoms with van der Waals surface area (Å²) < 4.78 is 6.52. The molecule has 0 bridgehead atoms. The fourth-order valence-electron chi connectivity index (χ4n) is 2.17. The normalized spacial score (nSPS) is 16.8. The summed E-state index contributed by atoms with van der Waals surface area (Å²) in [6.07, 6.45) is 1.22. The molecule has 0 aromatic heterocycles. The van der Waals surface area contributed by atoms with E-state index in [1.165, 1.54) is 12.0 Å². The zero-order valence-electron chi connectivity index (χ0n) is 10.6. The smallest absolute Gasteiger partial charge is 0.123 e. The van der Waals surface area contributed by atoms with Gasteiger partial charge >= 0.3 is 0 Å². The molecule has 1 heterocycles. The van der Waals surface area contributed by atoms with Crippen molar-refractivity contribution in [1.29, 1.82) is 0 Å². The van der Waals surface area contributed by atoms with E-state index in [0.29, 0.717) is 0 Å². The van der Waals surface area contributed by atoms with Crippen molar-refractivity contribution in [2.75, 3.05) is 33.3 Å². The van der Waals surface area contributed by atoms with Crippen LogP contribution < -0.4 is 10.1 Å². The minimum Gasteiger partial charge on any atom is -0.496 e. The van der Waals surface area contributed by atoms with Gasteiger partial charge in [-0.25, -0.2) is 0 Å². The van der Waals surface area contributed by atoms with Gasteiger partial charge in [0.25, 0.3) is 0 Å². The second kappa shape index (κ2) is 8.00. The predicted molar refractivity (Wildman–Crippen MR) is 80.7 cm³/mol. The molecule has 0 unspecified atom stereocenters. The first-order valence-electron chi connectivity index (χ1n) is 6.05. The molecule has 0 saturated carbocycles. The lowest BCUT2D eigenvalue weighted by molar-refractivity contribution is 0.278. The molecule has 0 atom stereocenters. The number of hydrogen-bond acceptors (Lipinski definition) is 3. The van der Waals surface area contributed by atoms with Crippen LogP contribution in [0.3, 0.4) is 0 Å². The molecule has 0 amide bonds. The number of halogens is 2. The van der Waals surface area contributed by atoms with E-state index in [-0.39, 0.29) is 12.4 Å². The van der Waals surface area contributed by atoms with Crippen LogP contribution in [0.5, 0.6) is 5.75 Å². The Bertz CT molecular complexity index is 368. The number of hydrogen-bond donors (Lipinski definition) is 1. The molecule has 102 valence electrons. The summed E-state index contributed by atoms with van der Waals surface area (Å²) in [6.45, 7) is 5.44. The van der Waals surface area contributed by atoms with Crippen LogP contribution in [0.1, 0.15) is 12.0 Å². The molecular formula is C13H20BrClN2O. The lowest BCUT2D eigenvalue weighted by Gasteiger charge is -2.21. The Morgan fingerprint density at radius 3 is 2.94 bits per heavy atom. The number of ether oxygens (including phenoxy) is 1. The number of rotatable bonds is 3. The molecule has 5 heteroatoms. The molecule has 1 aliphatic rings. The summed E-state index contributed by atoms with van der Waals surface area (Å²) >= 11 is 3.52. The molecule has 1 fully saturated rings. The highest BCUT2D eigenvalue weighted by Crippen LogP contribution is 2.24.